The number of nitriles is 1. The average Bonchev–Trinajstić information content (AvgIpc) is 2.37. The van der Waals surface area contributed by atoms with Crippen molar-refractivity contribution in [3.8, 4) is 6.07 Å². The summed E-state index contributed by atoms with van der Waals surface area (Å²) in [5.74, 6) is -2.70. The molecule has 0 unspecified atom stereocenters. The molecule has 20 heavy (non-hydrogen) atoms. The Balaban J connectivity index is 3.13. The van der Waals surface area contributed by atoms with Gasteiger partial charge in [0.25, 0.3) is 5.78 Å². The van der Waals surface area contributed by atoms with Crippen molar-refractivity contribution in [3.05, 3.63) is 29.8 Å². The maximum Gasteiger partial charge on any atom is 0.454 e. The summed E-state index contributed by atoms with van der Waals surface area (Å²) in [5, 5.41) is 19.0. The number of rotatable bonds is 4. The Morgan fingerprint density at radius 1 is 1.40 bits per heavy atom. The molecule has 0 radical (unpaired) electrons. The molecule has 4 N–H and O–H groups in total. The van der Waals surface area contributed by atoms with Crippen LogP contribution in [0.15, 0.2) is 29.4 Å². The zero-order valence-corrected chi connectivity index (χ0v) is 9.82. The van der Waals surface area contributed by atoms with Gasteiger partial charge in [-0.1, -0.05) is 12.1 Å². The molecule has 1 rings (SSSR count). The maximum atomic E-state index is 12.4. The van der Waals surface area contributed by atoms with Crippen molar-refractivity contribution >= 4 is 23.0 Å². The number of benzene rings is 1. The van der Waals surface area contributed by atoms with Crippen LogP contribution in [0.1, 0.15) is 10.4 Å². The van der Waals surface area contributed by atoms with E-state index in [4.69, 9.17) is 16.4 Å². The predicted octanol–water partition coefficient (Wildman–Crippen LogP) is 1.66. The van der Waals surface area contributed by atoms with Crippen LogP contribution in [0, 0.1) is 16.7 Å². The molecule has 0 bridgehead atoms. The fourth-order valence-electron chi connectivity index (χ4n) is 1.19. The number of nitrogens with one attached hydrogen (secondary N) is 2. The Labute approximate surface area is 111 Å². The largest absolute Gasteiger partial charge is 0.454 e. The van der Waals surface area contributed by atoms with Crippen LogP contribution in [0.2, 0.25) is 0 Å². The van der Waals surface area contributed by atoms with E-state index in [-0.39, 0.29) is 5.69 Å². The lowest BCUT2D eigenvalue weighted by Gasteiger charge is -2.10. The summed E-state index contributed by atoms with van der Waals surface area (Å²) in [6.07, 6.45) is -5.03. The van der Waals surface area contributed by atoms with Crippen LogP contribution in [0.25, 0.3) is 0 Å². The number of carbonyl (C=O) groups excluding carboxylic acids is 1. The fourth-order valence-corrected chi connectivity index (χ4v) is 1.19. The third kappa shape index (κ3) is 3.55. The molecule has 0 spiro atoms. The summed E-state index contributed by atoms with van der Waals surface area (Å²) in [4.78, 5) is 11.2. The van der Waals surface area contributed by atoms with Crippen molar-refractivity contribution in [1.29, 1.82) is 10.7 Å². The van der Waals surface area contributed by atoms with Crippen LogP contribution in [0.5, 0.6) is 0 Å². The van der Waals surface area contributed by atoms with Crippen LogP contribution in [-0.2, 0) is 0 Å². The molecule has 6 nitrogen and oxygen atoms in total. The number of nitrogens with two attached hydrogens (primary N) is 1. The van der Waals surface area contributed by atoms with E-state index in [1.54, 1.807) is 0 Å². The van der Waals surface area contributed by atoms with Gasteiger partial charge in [-0.25, -0.2) is 0 Å². The minimum absolute atomic E-state index is 0.246. The first-order valence-corrected chi connectivity index (χ1v) is 5.06. The zero-order valence-electron chi connectivity index (χ0n) is 9.82. The molecule has 1 aromatic carbocycles. The molecule has 0 heterocycles. The minimum atomic E-state index is -5.03. The number of nitrogens with zero attached hydrogens (tertiary/aromatic N) is 2. The molecule has 0 fully saturated rings. The summed E-state index contributed by atoms with van der Waals surface area (Å²) in [6, 6.07) is 6.26. The van der Waals surface area contributed by atoms with Gasteiger partial charge in [0, 0.05) is 0 Å². The molecular formula is C11H8F3N5O. The topological polar surface area (TPSA) is 115 Å². The van der Waals surface area contributed by atoms with Crippen molar-refractivity contribution in [1.82, 2.24) is 0 Å². The molecule has 0 aliphatic heterocycles. The minimum Gasteiger partial charge on any atom is -0.382 e. The van der Waals surface area contributed by atoms with E-state index in [0.717, 1.165) is 6.07 Å². The van der Waals surface area contributed by atoms with E-state index in [9.17, 15) is 18.0 Å². The third-order valence-corrected chi connectivity index (χ3v) is 2.08. The molecule has 0 atom stereocenters. The zero-order chi connectivity index (χ0) is 15.3. The normalized spacial score (nSPS) is 11.6. The van der Waals surface area contributed by atoms with E-state index < -0.39 is 29.1 Å². The second kappa shape index (κ2) is 5.83. The van der Waals surface area contributed by atoms with Crippen molar-refractivity contribution < 1.29 is 18.0 Å². The molecule has 9 heteroatoms. The Morgan fingerprint density at radius 2 is 2.00 bits per heavy atom. The third-order valence-electron chi connectivity index (χ3n) is 2.08. The summed E-state index contributed by atoms with van der Waals surface area (Å²) in [6.45, 7) is 0. The molecule has 0 saturated heterocycles. The number of carbonyl (C=O) groups is 1. The molecular weight excluding hydrogens is 275 g/mol. The summed E-state index contributed by atoms with van der Waals surface area (Å²) < 4.78 is 37.2. The van der Waals surface area contributed by atoms with Crippen molar-refractivity contribution in [2.24, 2.45) is 10.8 Å². The van der Waals surface area contributed by atoms with Crippen molar-refractivity contribution in [2.45, 2.75) is 6.18 Å². The highest BCUT2D eigenvalue weighted by atomic mass is 19.4. The number of alkyl halides is 3. The maximum absolute atomic E-state index is 12.4. The Morgan fingerprint density at radius 3 is 2.50 bits per heavy atom. The van der Waals surface area contributed by atoms with Crippen LogP contribution in [0.3, 0.4) is 0 Å². The van der Waals surface area contributed by atoms with E-state index in [1.807, 2.05) is 0 Å². The number of halogens is 3. The van der Waals surface area contributed by atoms with Crippen LogP contribution < -0.4 is 11.2 Å². The number of amidine groups is 1. The Bertz CT molecular complexity index is 615. The quantitative estimate of drug-likeness (QED) is 0.337. The van der Waals surface area contributed by atoms with E-state index >= 15 is 0 Å². The number of hydrogen-bond acceptors (Lipinski definition) is 5. The van der Waals surface area contributed by atoms with Crippen molar-refractivity contribution in [3.63, 3.8) is 0 Å². The molecule has 1 aromatic rings. The van der Waals surface area contributed by atoms with E-state index in [2.05, 4.69) is 10.5 Å². The average molecular weight is 283 g/mol. The first kappa shape index (κ1) is 15.2. The van der Waals surface area contributed by atoms with E-state index in [1.165, 1.54) is 24.3 Å². The molecule has 0 aliphatic carbocycles. The lowest BCUT2D eigenvalue weighted by atomic mass is 10.1. The lowest BCUT2D eigenvalue weighted by Crippen LogP contribution is -2.24. The van der Waals surface area contributed by atoms with Gasteiger partial charge in [0.2, 0.25) is 5.71 Å². The van der Waals surface area contributed by atoms with Crippen LogP contribution in [-0.4, -0.2) is 23.5 Å². The van der Waals surface area contributed by atoms with E-state index in [0.29, 0.717) is 0 Å². The first-order valence-electron chi connectivity index (χ1n) is 5.06. The van der Waals surface area contributed by atoms with Gasteiger partial charge in [-0.3, -0.25) is 15.6 Å². The molecule has 0 aromatic heterocycles. The number of ketones is 1. The second-order valence-corrected chi connectivity index (χ2v) is 3.47. The fraction of sp³-hybridized carbons (Fsp3) is 0.0909. The van der Waals surface area contributed by atoms with Gasteiger partial charge in [0.1, 0.15) is 6.07 Å². The first-order chi connectivity index (χ1) is 9.27. The number of anilines is 1. The smallest absolute Gasteiger partial charge is 0.382 e. The summed E-state index contributed by atoms with van der Waals surface area (Å²) in [5.41, 5.74) is 5.73. The lowest BCUT2D eigenvalue weighted by molar-refractivity contribution is -0.0884. The highest BCUT2D eigenvalue weighted by molar-refractivity contribution is 6.45. The van der Waals surface area contributed by atoms with Crippen molar-refractivity contribution in [2.75, 3.05) is 5.43 Å². The monoisotopic (exact) mass is 283 g/mol. The second-order valence-electron chi connectivity index (χ2n) is 3.47. The number of hydrogen-bond donors (Lipinski definition) is 3. The van der Waals surface area contributed by atoms with Gasteiger partial charge in [-0.15, -0.1) is 0 Å². The Kier molecular flexibility index (Phi) is 4.42. The molecule has 0 amide bonds. The summed E-state index contributed by atoms with van der Waals surface area (Å²) >= 11 is 0. The summed E-state index contributed by atoms with van der Waals surface area (Å²) in [7, 11) is 0. The molecule has 0 aliphatic rings. The highest BCUT2D eigenvalue weighted by Crippen LogP contribution is 2.26. The van der Waals surface area contributed by atoms with Gasteiger partial charge >= 0.3 is 6.18 Å². The van der Waals surface area contributed by atoms with Gasteiger partial charge < -0.3 is 5.73 Å². The van der Waals surface area contributed by atoms with Gasteiger partial charge in [0.05, 0.1) is 11.3 Å². The molecule has 0 saturated carbocycles. The van der Waals surface area contributed by atoms with Gasteiger partial charge in [-0.2, -0.15) is 23.5 Å². The predicted molar refractivity (Wildman–Crippen MR) is 65.4 cm³/mol. The van der Waals surface area contributed by atoms with Crippen LogP contribution >= 0.6 is 0 Å². The SMILES string of the molecule is N#C/C(=N\Nc1ccccc1C(=O)C(F)(F)F)C(=N)N. The number of hydrazone groups is 1. The van der Waals surface area contributed by atoms with Gasteiger partial charge in [-0.05, 0) is 12.1 Å². The standard InChI is InChI=1S/C11H8F3N5O/c12-11(13,14)9(20)6-3-1-2-4-7(6)18-19-8(5-15)10(16)17/h1-4,18H,(H3,16,17)/b19-8+. The van der Waals surface area contributed by atoms with Gasteiger partial charge in [0.15, 0.2) is 5.84 Å². The van der Waals surface area contributed by atoms with Crippen LogP contribution in [0.4, 0.5) is 18.9 Å². The number of Topliss-reactive ketones (excluding diaryl/α,β-unsaturated/α-hetero) is 1. The number of para-hydroxylation sites is 1. The molecule has 104 valence electrons. The Hall–Kier alpha value is -2.89. The highest BCUT2D eigenvalue weighted by Gasteiger charge is 2.40.